The summed E-state index contributed by atoms with van der Waals surface area (Å²) in [5, 5.41) is 11.6. The topological polar surface area (TPSA) is 92.7 Å². The van der Waals surface area contributed by atoms with Gasteiger partial charge in [-0.25, -0.2) is 4.79 Å². The number of nitrogens with one attached hydrogen (secondary N) is 1. The normalized spacial score (nSPS) is 12.9. The lowest BCUT2D eigenvalue weighted by molar-refractivity contribution is -0.142. The summed E-state index contributed by atoms with van der Waals surface area (Å²) in [5.74, 6) is -1.48. The first kappa shape index (κ1) is 28.9. The Morgan fingerprint density at radius 3 is 1.90 bits per heavy atom. The number of carboxylic acid groups (broad SMARTS) is 1. The van der Waals surface area contributed by atoms with Gasteiger partial charge in [-0.15, -0.1) is 0 Å². The molecule has 0 unspecified atom stereocenters. The highest BCUT2D eigenvalue weighted by Gasteiger charge is 2.22. The van der Waals surface area contributed by atoms with Crippen LogP contribution in [-0.4, -0.2) is 43.0 Å². The minimum atomic E-state index is -2.78. The number of allylic oxidation sites excluding steroid dienone is 2. The van der Waals surface area contributed by atoms with Crippen LogP contribution in [0.4, 0.5) is 0 Å². The quantitative estimate of drug-likeness (QED) is 0.133. The van der Waals surface area contributed by atoms with Crippen molar-refractivity contribution >= 4 is 19.2 Å². The Bertz CT molecular complexity index is 530. The molecule has 0 aliphatic heterocycles. The number of amides is 1. The van der Waals surface area contributed by atoms with Crippen LogP contribution < -0.4 is 5.32 Å². The summed E-state index contributed by atoms with van der Waals surface area (Å²) in [5.41, 5.74) is 0. The molecule has 0 aromatic carbocycles. The SMILES string of the molecule is CCCCCCCC/C=C\CCCCCCCC(=O)N[C@@H](COP(C)(C)=O)C(=O)O. The van der Waals surface area contributed by atoms with E-state index in [9.17, 15) is 14.2 Å². The van der Waals surface area contributed by atoms with Crippen molar-refractivity contribution in [2.24, 2.45) is 0 Å². The van der Waals surface area contributed by atoms with Gasteiger partial charge < -0.3 is 14.9 Å². The predicted octanol–water partition coefficient (Wildman–Crippen LogP) is 6.15. The van der Waals surface area contributed by atoms with Crippen LogP contribution in [0.2, 0.25) is 0 Å². The fraction of sp³-hybridized carbons (Fsp3) is 0.826. The number of hydrogen-bond donors (Lipinski definition) is 2. The van der Waals surface area contributed by atoms with Crippen molar-refractivity contribution < 1.29 is 23.8 Å². The maximum atomic E-state index is 11.9. The summed E-state index contributed by atoms with van der Waals surface area (Å²) in [4.78, 5) is 23.1. The lowest BCUT2D eigenvalue weighted by atomic mass is 10.1. The highest BCUT2D eigenvalue weighted by molar-refractivity contribution is 7.57. The zero-order valence-electron chi connectivity index (χ0n) is 19.4. The molecule has 6 nitrogen and oxygen atoms in total. The number of carbonyl (C=O) groups excluding carboxylic acids is 1. The summed E-state index contributed by atoms with van der Waals surface area (Å²) in [6, 6.07) is -1.16. The van der Waals surface area contributed by atoms with E-state index in [-0.39, 0.29) is 12.5 Å². The maximum absolute atomic E-state index is 11.9. The fourth-order valence-electron chi connectivity index (χ4n) is 3.05. The number of aliphatic carboxylic acids is 1. The molecule has 0 aromatic rings. The molecule has 1 atom stereocenters. The van der Waals surface area contributed by atoms with Gasteiger partial charge in [0.2, 0.25) is 5.91 Å². The van der Waals surface area contributed by atoms with Crippen molar-refractivity contribution in [2.45, 2.75) is 103 Å². The van der Waals surface area contributed by atoms with Crippen molar-refractivity contribution in [1.82, 2.24) is 5.32 Å². The molecule has 176 valence electrons. The first-order valence-electron chi connectivity index (χ1n) is 11.6. The lowest BCUT2D eigenvalue weighted by Gasteiger charge is -2.16. The molecule has 1 amide bonds. The highest BCUT2D eigenvalue weighted by Crippen LogP contribution is 2.37. The molecule has 0 saturated carbocycles. The summed E-state index contributed by atoms with van der Waals surface area (Å²) in [7, 11) is -2.78. The third kappa shape index (κ3) is 20.2. The minimum Gasteiger partial charge on any atom is -0.480 e. The van der Waals surface area contributed by atoms with Gasteiger partial charge in [0.1, 0.15) is 0 Å². The average molecular weight is 446 g/mol. The number of unbranched alkanes of at least 4 members (excludes halogenated alkanes) is 11. The van der Waals surface area contributed by atoms with E-state index in [1.807, 2.05) is 0 Å². The first-order chi connectivity index (χ1) is 14.3. The third-order valence-corrected chi connectivity index (χ3v) is 5.62. The van der Waals surface area contributed by atoms with Gasteiger partial charge in [0.25, 0.3) is 0 Å². The van der Waals surface area contributed by atoms with Gasteiger partial charge in [0.05, 0.1) is 6.61 Å². The molecule has 0 heterocycles. The molecule has 30 heavy (non-hydrogen) atoms. The molecule has 0 fully saturated rings. The van der Waals surface area contributed by atoms with Crippen LogP contribution in [0.25, 0.3) is 0 Å². The Morgan fingerprint density at radius 1 is 0.900 bits per heavy atom. The second kappa shape index (κ2) is 18.6. The average Bonchev–Trinajstić information content (AvgIpc) is 2.67. The second-order valence-electron chi connectivity index (χ2n) is 8.34. The standard InChI is InChI=1S/C23H44NO5P/c1-4-5-6-7-8-9-10-11-12-13-14-15-16-17-18-19-22(25)24-21(23(26)27)20-29-30(2,3)28/h11-12,21H,4-10,13-20H2,1-3H3,(H,24,25)(H,26,27)/b12-11-/t21-/m0/s1. The number of carbonyl (C=O) groups is 2. The monoisotopic (exact) mass is 445 g/mol. The van der Waals surface area contributed by atoms with E-state index in [1.165, 1.54) is 64.7 Å². The Morgan fingerprint density at radius 2 is 1.40 bits per heavy atom. The van der Waals surface area contributed by atoms with Gasteiger partial charge in [0, 0.05) is 19.8 Å². The molecule has 0 bridgehead atoms. The molecule has 0 aliphatic rings. The summed E-state index contributed by atoms with van der Waals surface area (Å²) in [6.07, 6.45) is 20.4. The highest BCUT2D eigenvalue weighted by atomic mass is 31.2. The van der Waals surface area contributed by atoms with Crippen LogP contribution in [-0.2, 0) is 18.7 Å². The summed E-state index contributed by atoms with van der Waals surface area (Å²) in [6.45, 7) is 4.80. The summed E-state index contributed by atoms with van der Waals surface area (Å²) < 4.78 is 16.6. The largest absolute Gasteiger partial charge is 0.480 e. The minimum absolute atomic E-state index is 0.280. The van der Waals surface area contributed by atoms with E-state index in [2.05, 4.69) is 24.4 Å². The lowest BCUT2D eigenvalue weighted by Crippen LogP contribution is -2.43. The van der Waals surface area contributed by atoms with Crippen LogP contribution in [0.15, 0.2) is 12.2 Å². The molecule has 7 heteroatoms. The van der Waals surface area contributed by atoms with Crippen LogP contribution in [0, 0.1) is 0 Å². The van der Waals surface area contributed by atoms with Crippen molar-refractivity contribution in [3.8, 4) is 0 Å². The van der Waals surface area contributed by atoms with E-state index in [0.29, 0.717) is 6.42 Å². The van der Waals surface area contributed by atoms with Crippen molar-refractivity contribution in [3.05, 3.63) is 12.2 Å². The van der Waals surface area contributed by atoms with Crippen LogP contribution in [0.3, 0.4) is 0 Å². The van der Waals surface area contributed by atoms with Gasteiger partial charge in [-0.1, -0.05) is 70.4 Å². The predicted molar refractivity (Wildman–Crippen MR) is 124 cm³/mol. The van der Waals surface area contributed by atoms with E-state index >= 15 is 0 Å². The molecule has 0 spiro atoms. The molecule has 0 aromatic heterocycles. The Hall–Kier alpha value is -1.13. The van der Waals surface area contributed by atoms with E-state index in [0.717, 1.165) is 32.1 Å². The molecule has 0 saturated heterocycles. The number of carboxylic acids is 1. The van der Waals surface area contributed by atoms with Gasteiger partial charge in [-0.3, -0.25) is 9.36 Å². The van der Waals surface area contributed by atoms with Crippen LogP contribution in [0.1, 0.15) is 96.8 Å². The van der Waals surface area contributed by atoms with Crippen molar-refractivity contribution in [2.75, 3.05) is 19.9 Å². The smallest absolute Gasteiger partial charge is 0.328 e. The fourth-order valence-corrected chi connectivity index (χ4v) is 3.56. The van der Waals surface area contributed by atoms with Crippen LogP contribution >= 0.6 is 7.37 Å². The molecular formula is C23H44NO5P. The summed E-state index contributed by atoms with van der Waals surface area (Å²) >= 11 is 0. The van der Waals surface area contributed by atoms with Crippen LogP contribution in [0.5, 0.6) is 0 Å². The Balaban J connectivity index is 3.62. The Labute approximate surface area is 183 Å². The van der Waals surface area contributed by atoms with E-state index in [1.54, 1.807) is 0 Å². The third-order valence-electron chi connectivity index (χ3n) is 4.85. The first-order valence-corrected chi connectivity index (χ1v) is 14.1. The second-order valence-corrected chi connectivity index (χ2v) is 11.1. The maximum Gasteiger partial charge on any atom is 0.328 e. The van der Waals surface area contributed by atoms with Gasteiger partial charge in [0.15, 0.2) is 13.4 Å². The molecule has 2 N–H and O–H groups in total. The molecule has 0 radical (unpaired) electrons. The Kier molecular flexibility index (Phi) is 17.9. The number of hydrogen-bond acceptors (Lipinski definition) is 4. The van der Waals surface area contributed by atoms with Gasteiger partial charge in [-0.2, -0.15) is 0 Å². The number of rotatable bonds is 20. The molecule has 0 rings (SSSR count). The zero-order valence-corrected chi connectivity index (χ0v) is 20.3. The molecule has 0 aliphatic carbocycles. The van der Waals surface area contributed by atoms with Gasteiger partial charge >= 0.3 is 5.97 Å². The van der Waals surface area contributed by atoms with E-state index < -0.39 is 19.4 Å². The van der Waals surface area contributed by atoms with Crippen molar-refractivity contribution in [3.63, 3.8) is 0 Å². The van der Waals surface area contributed by atoms with E-state index in [4.69, 9.17) is 9.63 Å². The molecular weight excluding hydrogens is 401 g/mol. The van der Waals surface area contributed by atoms with Crippen molar-refractivity contribution in [1.29, 1.82) is 0 Å². The zero-order chi connectivity index (χ0) is 22.7. The van der Waals surface area contributed by atoms with Gasteiger partial charge in [-0.05, 0) is 32.1 Å².